The van der Waals surface area contributed by atoms with Gasteiger partial charge in [-0.25, -0.2) is 15.0 Å². The molecule has 29 heavy (non-hydrogen) atoms. The first kappa shape index (κ1) is 18.6. The van der Waals surface area contributed by atoms with Crippen LogP contribution in [0.1, 0.15) is 5.56 Å². The molecule has 0 fully saturated rings. The average Bonchev–Trinajstić information content (AvgIpc) is 3.09. The van der Waals surface area contributed by atoms with Crippen molar-refractivity contribution in [2.75, 3.05) is 17.7 Å². The molecule has 9 nitrogen and oxygen atoms in total. The first-order chi connectivity index (χ1) is 14.0. The van der Waals surface area contributed by atoms with Gasteiger partial charge >= 0.3 is 5.69 Å². The van der Waals surface area contributed by atoms with Crippen LogP contribution in [0.15, 0.2) is 48.8 Å². The Morgan fingerprint density at radius 2 is 1.79 bits per heavy atom. The van der Waals surface area contributed by atoms with Crippen molar-refractivity contribution in [1.82, 2.24) is 15.0 Å². The summed E-state index contributed by atoms with van der Waals surface area (Å²) in [5.74, 6) is 0.826. The minimum atomic E-state index is -0.522. The number of fused-ring (bicyclic) bond motifs is 1. The highest BCUT2D eigenvalue weighted by Crippen LogP contribution is 2.35. The minimum Gasteiger partial charge on any atom is -0.497 e. The third-order valence-electron chi connectivity index (χ3n) is 4.13. The van der Waals surface area contributed by atoms with E-state index in [4.69, 9.17) is 4.74 Å². The highest BCUT2D eigenvalue weighted by atomic mass is 32.1. The number of nitrogens with zero attached hydrogens (tertiary/aromatic N) is 4. The molecular formula is C19H16N6O3S. The van der Waals surface area contributed by atoms with E-state index in [1.165, 1.54) is 17.7 Å². The second-order valence-corrected chi connectivity index (χ2v) is 7.18. The topological polar surface area (TPSA) is 115 Å². The van der Waals surface area contributed by atoms with E-state index in [1.807, 2.05) is 25.1 Å². The lowest BCUT2D eigenvalue weighted by Crippen LogP contribution is -2.05. The van der Waals surface area contributed by atoms with Crippen LogP contribution in [-0.2, 0) is 0 Å². The molecule has 4 rings (SSSR count). The molecule has 2 aromatic heterocycles. The number of methoxy groups -OCH3 is 1. The Bertz CT molecular complexity index is 1190. The van der Waals surface area contributed by atoms with Crippen molar-refractivity contribution in [2.24, 2.45) is 0 Å². The number of anilines is 4. The molecule has 0 amide bonds. The molecule has 0 aliphatic heterocycles. The second-order valence-electron chi connectivity index (χ2n) is 6.15. The maximum absolute atomic E-state index is 11.7. The zero-order chi connectivity index (χ0) is 20.4. The number of nitro groups is 1. The lowest BCUT2D eigenvalue weighted by molar-refractivity contribution is -0.383. The summed E-state index contributed by atoms with van der Waals surface area (Å²) >= 11 is 1.40. The van der Waals surface area contributed by atoms with Gasteiger partial charge in [0.2, 0.25) is 11.6 Å². The van der Waals surface area contributed by atoms with Gasteiger partial charge in [-0.1, -0.05) is 17.4 Å². The van der Waals surface area contributed by atoms with Crippen molar-refractivity contribution in [3.8, 4) is 5.75 Å². The molecule has 0 radical (unpaired) electrons. The van der Waals surface area contributed by atoms with Gasteiger partial charge < -0.3 is 15.4 Å². The standard InChI is InChI=1S/C19H16N6O3S/c1-11-3-8-14-15(9-11)29-19(23-14)24-18-16(25(26)27)17(20-10-21-18)22-12-4-6-13(28-2)7-5-12/h3-10H,1-2H3,(H2,20,21,22,23,24). The minimum absolute atomic E-state index is 0.0665. The fraction of sp³-hybridized carbons (Fsp3) is 0.105. The predicted molar refractivity (Wildman–Crippen MR) is 113 cm³/mol. The van der Waals surface area contributed by atoms with Crippen LogP contribution in [0.3, 0.4) is 0 Å². The summed E-state index contributed by atoms with van der Waals surface area (Å²) in [6, 6.07) is 12.9. The van der Waals surface area contributed by atoms with Gasteiger partial charge in [-0.15, -0.1) is 0 Å². The summed E-state index contributed by atoms with van der Waals surface area (Å²) in [6.45, 7) is 2.00. The molecule has 0 spiro atoms. The Morgan fingerprint density at radius 3 is 2.48 bits per heavy atom. The van der Waals surface area contributed by atoms with Crippen LogP contribution in [-0.4, -0.2) is 27.0 Å². The van der Waals surface area contributed by atoms with Crippen LogP contribution in [0, 0.1) is 17.0 Å². The van der Waals surface area contributed by atoms with E-state index < -0.39 is 4.92 Å². The molecule has 0 atom stereocenters. The summed E-state index contributed by atoms with van der Waals surface area (Å²) in [4.78, 5) is 23.8. The smallest absolute Gasteiger partial charge is 0.353 e. The molecule has 0 aliphatic carbocycles. The normalized spacial score (nSPS) is 10.7. The van der Waals surface area contributed by atoms with Crippen LogP contribution >= 0.6 is 11.3 Å². The molecule has 2 N–H and O–H groups in total. The maximum Gasteiger partial charge on any atom is 0.353 e. The largest absolute Gasteiger partial charge is 0.497 e. The Morgan fingerprint density at radius 1 is 1.07 bits per heavy atom. The molecule has 4 aromatic rings. The van der Waals surface area contributed by atoms with Crippen LogP contribution < -0.4 is 15.4 Å². The lowest BCUT2D eigenvalue weighted by atomic mass is 10.2. The van der Waals surface area contributed by atoms with E-state index in [2.05, 4.69) is 25.6 Å². The van der Waals surface area contributed by atoms with E-state index in [0.29, 0.717) is 16.6 Å². The number of thiazole rings is 1. The third kappa shape index (κ3) is 3.92. The van der Waals surface area contributed by atoms with Crippen molar-refractivity contribution in [1.29, 1.82) is 0 Å². The molecule has 146 valence electrons. The van der Waals surface area contributed by atoms with Crippen LogP contribution in [0.25, 0.3) is 10.2 Å². The number of benzene rings is 2. The van der Waals surface area contributed by atoms with Crippen molar-refractivity contribution in [3.05, 3.63) is 64.5 Å². The van der Waals surface area contributed by atoms with Gasteiger partial charge in [0.05, 0.1) is 22.2 Å². The summed E-state index contributed by atoms with van der Waals surface area (Å²) < 4.78 is 6.11. The zero-order valence-electron chi connectivity index (χ0n) is 15.5. The molecule has 0 saturated heterocycles. The van der Waals surface area contributed by atoms with Gasteiger partial charge in [-0.3, -0.25) is 10.1 Å². The number of ether oxygens (including phenoxy) is 1. The van der Waals surface area contributed by atoms with Crippen LogP contribution in [0.5, 0.6) is 5.75 Å². The van der Waals surface area contributed by atoms with Crippen molar-refractivity contribution >= 4 is 49.7 Å². The molecule has 0 saturated carbocycles. The van der Waals surface area contributed by atoms with Gasteiger partial charge in [-0.2, -0.15) is 0 Å². The quantitative estimate of drug-likeness (QED) is 0.345. The number of hydrogen-bond acceptors (Lipinski definition) is 9. The Balaban J connectivity index is 1.67. The number of rotatable bonds is 6. The van der Waals surface area contributed by atoms with Crippen molar-refractivity contribution in [2.45, 2.75) is 6.92 Å². The fourth-order valence-electron chi connectivity index (χ4n) is 2.73. The Hall–Kier alpha value is -3.79. The highest BCUT2D eigenvalue weighted by molar-refractivity contribution is 7.22. The van der Waals surface area contributed by atoms with Gasteiger partial charge in [-0.05, 0) is 48.9 Å². The van der Waals surface area contributed by atoms with E-state index in [0.717, 1.165) is 15.8 Å². The van der Waals surface area contributed by atoms with Crippen molar-refractivity contribution < 1.29 is 9.66 Å². The first-order valence-corrected chi connectivity index (χ1v) is 9.40. The van der Waals surface area contributed by atoms with Crippen LogP contribution in [0.2, 0.25) is 0 Å². The molecule has 2 heterocycles. The Kier molecular flexibility index (Phi) is 4.92. The summed E-state index contributed by atoms with van der Waals surface area (Å²) in [5.41, 5.74) is 2.30. The molecule has 0 unspecified atom stereocenters. The number of nitrogens with one attached hydrogen (secondary N) is 2. The number of hydrogen-bond donors (Lipinski definition) is 2. The van der Waals surface area contributed by atoms with Gasteiger partial charge in [0.1, 0.15) is 12.1 Å². The van der Waals surface area contributed by atoms with Gasteiger partial charge in [0, 0.05) is 5.69 Å². The summed E-state index contributed by atoms with van der Waals surface area (Å²) in [5, 5.41) is 18.2. The van der Waals surface area contributed by atoms with Gasteiger partial charge in [0.15, 0.2) is 5.13 Å². The lowest BCUT2D eigenvalue weighted by Gasteiger charge is -2.09. The Labute approximate surface area is 169 Å². The van der Waals surface area contributed by atoms with E-state index >= 15 is 0 Å². The fourth-order valence-corrected chi connectivity index (χ4v) is 3.70. The first-order valence-electron chi connectivity index (χ1n) is 8.58. The molecule has 0 bridgehead atoms. The SMILES string of the molecule is COc1ccc(Nc2ncnc(Nc3nc4ccc(C)cc4s3)c2[N+](=O)[O-])cc1. The van der Waals surface area contributed by atoms with E-state index in [1.54, 1.807) is 31.4 Å². The molecule has 10 heteroatoms. The predicted octanol–water partition coefficient (Wildman–Crippen LogP) is 4.80. The molecule has 0 aliphatic rings. The molecular weight excluding hydrogens is 392 g/mol. The second kappa shape index (κ2) is 7.68. The summed E-state index contributed by atoms with van der Waals surface area (Å²) in [7, 11) is 1.57. The van der Waals surface area contributed by atoms with Gasteiger partial charge in [0.25, 0.3) is 0 Å². The number of aromatic nitrogens is 3. The highest BCUT2D eigenvalue weighted by Gasteiger charge is 2.24. The maximum atomic E-state index is 11.7. The van der Waals surface area contributed by atoms with E-state index in [-0.39, 0.29) is 17.3 Å². The monoisotopic (exact) mass is 408 g/mol. The number of aryl methyl sites for hydroxylation is 1. The average molecular weight is 408 g/mol. The zero-order valence-corrected chi connectivity index (χ0v) is 16.4. The van der Waals surface area contributed by atoms with Crippen LogP contribution in [0.4, 0.5) is 28.1 Å². The third-order valence-corrected chi connectivity index (χ3v) is 5.06. The van der Waals surface area contributed by atoms with Crippen molar-refractivity contribution in [3.63, 3.8) is 0 Å². The summed E-state index contributed by atoms with van der Waals surface area (Å²) in [6.07, 6.45) is 1.26. The van der Waals surface area contributed by atoms with E-state index in [9.17, 15) is 10.1 Å². The molecule has 2 aromatic carbocycles.